The van der Waals surface area contributed by atoms with E-state index in [0.717, 1.165) is 21.9 Å². The molecule has 0 unspecified atom stereocenters. The molecule has 0 aliphatic heterocycles. The third-order valence-corrected chi connectivity index (χ3v) is 3.58. The van der Waals surface area contributed by atoms with Gasteiger partial charge >= 0.3 is 12.3 Å². The highest BCUT2D eigenvalue weighted by Crippen LogP contribution is 2.25. The molecule has 0 saturated heterocycles. The van der Waals surface area contributed by atoms with E-state index >= 15 is 0 Å². The predicted molar refractivity (Wildman–Crippen MR) is 67.0 cm³/mol. The van der Waals surface area contributed by atoms with Gasteiger partial charge in [-0.05, 0) is 25.1 Å². The molecule has 1 N–H and O–H groups in total. The highest BCUT2D eigenvalue weighted by atomic mass is 32.1. The Kier molecular flexibility index (Phi) is 6.22. The molecule has 0 fully saturated rings. The summed E-state index contributed by atoms with van der Waals surface area (Å²) in [4.78, 5) is 2.02. The maximum absolute atomic E-state index is 12.6. The van der Waals surface area contributed by atoms with Gasteiger partial charge in [-0.3, -0.25) is 0 Å². The summed E-state index contributed by atoms with van der Waals surface area (Å²) in [5.74, 6) is -4.09. The van der Waals surface area contributed by atoms with Crippen LogP contribution in [0.1, 0.15) is 22.2 Å². The summed E-state index contributed by atoms with van der Waals surface area (Å²) in [6, 6.07) is 1.85. The van der Waals surface area contributed by atoms with Crippen LogP contribution in [0.5, 0.6) is 0 Å². The normalized spacial score (nSPS) is 12.4. The zero-order valence-corrected chi connectivity index (χ0v) is 11.6. The lowest BCUT2D eigenvalue weighted by Crippen LogP contribution is -2.32. The van der Waals surface area contributed by atoms with E-state index < -0.39 is 19.0 Å². The summed E-state index contributed by atoms with van der Waals surface area (Å²) in [5.41, 5.74) is 0.767. The van der Waals surface area contributed by atoms with Crippen molar-refractivity contribution in [2.24, 2.45) is 0 Å². The van der Waals surface area contributed by atoms with Crippen LogP contribution in [-0.2, 0) is 17.9 Å². The van der Waals surface area contributed by atoms with E-state index in [2.05, 4.69) is 5.32 Å². The molecular formula is C12H17F4NOS. The maximum Gasteiger partial charge on any atom is 0.330 e. The molecule has 0 amide bonds. The second-order valence-electron chi connectivity index (χ2n) is 4.13. The van der Waals surface area contributed by atoms with Crippen LogP contribution >= 0.6 is 11.3 Å². The Labute approximate surface area is 113 Å². The number of aryl methyl sites for hydroxylation is 1. The maximum atomic E-state index is 12.6. The van der Waals surface area contributed by atoms with Gasteiger partial charge in [0.15, 0.2) is 0 Å². The Morgan fingerprint density at radius 2 is 2.11 bits per heavy atom. The molecule has 1 aromatic rings. The summed E-state index contributed by atoms with van der Waals surface area (Å²) in [7, 11) is 0. The number of alkyl halides is 4. The predicted octanol–water partition coefficient (Wildman–Crippen LogP) is 3.58. The van der Waals surface area contributed by atoms with Crippen LogP contribution in [0.2, 0.25) is 0 Å². The van der Waals surface area contributed by atoms with Crippen molar-refractivity contribution in [3.63, 3.8) is 0 Å². The van der Waals surface area contributed by atoms with Gasteiger partial charge in [-0.1, -0.05) is 6.92 Å². The van der Waals surface area contributed by atoms with Gasteiger partial charge < -0.3 is 10.1 Å². The van der Waals surface area contributed by atoms with Gasteiger partial charge in [-0.25, -0.2) is 8.78 Å². The lowest BCUT2D eigenvalue weighted by molar-refractivity contribution is -0.168. The van der Waals surface area contributed by atoms with Crippen molar-refractivity contribution >= 4 is 11.3 Å². The molecule has 0 saturated carbocycles. The summed E-state index contributed by atoms with van der Waals surface area (Å²) < 4.78 is 53.8. The lowest BCUT2D eigenvalue weighted by Gasteiger charge is -2.14. The first-order valence-corrected chi connectivity index (χ1v) is 6.71. The second-order valence-corrected chi connectivity index (χ2v) is 5.47. The van der Waals surface area contributed by atoms with Gasteiger partial charge in [0, 0.05) is 16.3 Å². The summed E-state index contributed by atoms with van der Waals surface area (Å²) in [6.07, 6.45) is -3.69. The fourth-order valence-corrected chi connectivity index (χ4v) is 2.44. The van der Waals surface area contributed by atoms with Gasteiger partial charge in [0.05, 0.1) is 6.61 Å². The zero-order chi connectivity index (χ0) is 14.5. The Morgan fingerprint density at radius 3 is 2.68 bits per heavy atom. The van der Waals surface area contributed by atoms with Crippen LogP contribution in [-0.4, -0.2) is 25.5 Å². The number of nitrogens with one attached hydrogen (secondary N) is 1. The minimum Gasteiger partial charge on any atom is -0.370 e. The highest BCUT2D eigenvalue weighted by Gasteiger charge is 2.40. The van der Waals surface area contributed by atoms with Crippen LogP contribution in [0.4, 0.5) is 17.6 Å². The van der Waals surface area contributed by atoms with Crippen molar-refractivity contribution in [3.05, 3.63) is 21.4 Å². The van der Waals surface area contributed by atoms with E-state index in [0.29, 0.717) is 6.54 Å². The van der Waals surface area contributed by atoms with Crippen LogP contribution in [0.3, 0.4) is 0 Å². The minimum atomic E-state index is -4.09. The SMILES string of the molecule is CCNCc1cc(COCC(F)(F)C(F)F)c(C)s1. The van der Waals surface area contributed by atoms with Crippen molar-refractivity contribution in [3.8, 4) is 0 Å². The van der Waals surface area contributed by atoms with Crippen LogP contribution in [0, 0.1) is 6.92 Å². The van der Waals surface area contributed by atoms with Gasteiger partial charge in [0.1, 0.15) is 6.61 Å². The topological polar surface area (TPSA) is 21.3 Å². The smallest absolute Gasteiger partial charge is 0.330 e. The molecule has 0 atom stereocenters. The van der Waals surface area contributed by atoms with E-state index in [1.54, 1.807) is 11.3 Å². The van der Waals surface area contributed by atoms with Gasteiger partial charge in [-0.2, -0.15) is 8.78 Å². The Bertz CT molecular complexity index is 395. The molecule has 0 aliphatic rings. The van der Waals surface area contributed by atoms with Crippen LogP contribution < -0.4 is 5.32 Å². The first kappa shape index (κ1) is 16.4. The Morgan fingerprint density at radius 1 is 1.42 bits per heavy atom. The quantitative estimate of drug-likeness (QED) is 0.741. The standard InChI is InChI=1S/C12H17F4NOS/c1-3-17-5-10-4-9(8(2)19-10)6-18-7-12(15,16)11(13)14/h4,11,17H,3,5-7H2,1-2H3. The molecule has 7 heteroatoms. The van der Waals surface area contributed by atoms with Crippen molar-refractivity contribution in [2.75, 3.05) is 13.2 Å². The average Bonchev–Trinajstić information content (AvgIpc) is 2.67. The molecule has 0 spiro atoms. The monoisotopic (exact) mass is 299 g/mol. The van der Waals surface area contributed by atoms with E-state index in [-0.39, 0.29) is 6.61 Å². The van der Waals surface area contributed by atoms with Gasteiger partial charge in [0.25, 0.3) is 0 Å². The molecule has 1 heterocycles. The zero-order valence-electron chi connectivity index (χ0n) is 10.8. The first-order valence-electron chi connectivity index (χ1n) is 5.89. The second kappa shape index (κ2) is 7.21. The Hall–Kier alpha value is -0.660. The third-order valence-electron chi connectivity index (χ3n) is 2.49. The van der Waals surface area contributed by atoms with E-state index in [9.17, 15) is 17.6 Å². The highest BCUT2D eigenvalue weighted by molar-refractivity contribution is 7.12. The van der Waals surface area contributed by atoms with E-state index in [4.69, 9.17) is 4.74 Å². The average molecular weight is 299 g/mol. The van der Waals surface area contributed by atoms with Crippen molar-refractivity contribution in [2.45, 2.75) is 39.3 Å². The summed E-state index contributed by atoms with van der Waals surface area (Å²) in [5, 5.41) is 3.15. The summed E-state index contributed by atoms with van der Waals surface area (Å²) >= 11 is 1.54. The fourth-order valence-electron chi connectivity index (χ4n) is 1.43. The molecule has 0 radical (unpaired) electrons. The molecule has 110 valence electrons. The van der Waals surface area contributed by atoms with Gasteiger partial charge in [0.2, 0.25) is 0 Å². The molecular weight excluding hydrogens is 282 g/mol. The van der Waals surface area contributed by atoms with Crippen molar-refractivity contribution in [1.82, 2.24) is 5.32 Å². The minimum absolute atomic E-state index is 0.0727. The molecule has 19 heavy (non-hydrogen) atoms. The Balaban J connectivity index is 2.47. The number of rotatable bonds is 8. The van der Waals surface area contributed by atoms with E-state index in [1.165, 1.54) is 0 Å². The van der Waals surface area contributed by atoms with Crippen LogP contribution in [0.15, 0.2) is 6.07 Å². The first-order chi connectivity index (χ1) is 8.86. The molecule has 2 nitrogen and oxygen atoms in total. The number of ether oxygens (including phenoxy) is 1. The molecule has 0 aliphatic carbocycles. The van der Waals surface area contributed by atoms with Gasteiger partial charge in [-0.15, -0.1) is 11.3 Å². The van der Waals surface area contributed by atoms with E-state index in [1.807, 2.05) is 19.9 Å². The van der Waals surface area contributed by atoms with Crippen molar-refractivity contribution < 1.29 is 22.3 Å². The molecule has 0 aromatic carbocycles. The lowest BCUT2D eigenvalue weighted by atomic mass is 10.2. The largest absolute Gasteiger partial charge is 0.370 e. The molecule has 1 rings (SSSR count). The number of thiophene rings is 1. The molecule has 1 aromatic heterocycles. The van der Waals surface area contributed by atoms with Crippen molar-refractivity contribution in [1.29, 1.82) is 0 Å². The third kappa shape index (κ3) is 5.08. The van der Waals surface area contributed by atoms with Crippen LogP contribution in [0.25, 0.3) is 0 Å². The number of hydrogen-bond acceptors (Lipinski definition) is 3. The summed E-state index contributed by atoms with van der Waals surface area (Å²) in [6.45, 7) is 4.04. The number of hydrogen-bond donors (Lipinski definition) is 1. The number of halogens is 4. The fraction of sp³-hybridized carbons (Fsp3) is 0.667. The molecule has 0 bridgehead atoms.